The van der Waals surface area contributed by atoms with E-state index in [-0.39, 0.29) is 11.4 Å². The maximum absolute atomic E-state index is 10.5. The summed E-state index contributed by atoms with van der Waals surface area (Å²) in [5, 5.41) is 21.1. The molecule has 0 fully saturated rings. The summed E-state index contributed by atoms with van der Waals surface area (Å²) in [4.78, 5) is 20.2. The maximum atomic E-state index is 10.5. The molecule has 0 atom stereocenters. The molecule has 108 valence electrons. The fraction of sp³-hybridized carbons (Fsp3) is 0. The van der Waals surface area contributed by atoms with Crippen molar-refractivity contribution in [2.75, 3.05) is 0 Å². The van der Waals surface area contributed by atoms with Crippen LogP contribution in [0.4, 0.5) is 11.4 Å². The number of benzene rings is 2. The summed E-state index contributed by atoms with van der Waals surface area (Å²) in [6.07, 6.45) is 0. The Kier molecular flexibility index (Phi) is 5.84. The second-order valence-electron chi connectivity index (χ2n) is 4.39. The van der Waals surface area contributed by atoms with Crippen LogP contribution in [0, 0.1) is 38.9 Å². The van der Waals surface area contributed by atoms with Gasteiger partial charge in [-0.2, -0.15) is 0 Å². The summed E-state index contributed by atoms with van der Waals surface area (Å²) >= 11 is -1.66. The van der Waals surface area contributed by atoms with E-state index in [1.54, 1.807) is 24.3 Å². The van der Waals surface area contributed by atoms with E-state index in [2.05, 4.69) is 18.7 Å². The molecule has 0 amide bonds. The molecule has 0 aliphatic rings. The van der Waals surface area contributed by atoms with E-state index in [0.29, 0.717) is 0 Å². The Labute approximate surface area is 144 Å². The Morgan fingerprint density at radius 1 is 0.696 bits per heavy atom. The first-order chi connectivity index (χ1) is 11.1. The van der Waals surface area contributed by atoms with Gasteiger partial charge in [0.05, 0.1) is 0 Å². The third-order valence-electron chi connectivity index (χ3n) is 2.80. The average Bonchev–Trinajstić information content (AvgIpc) is 2.55. The third kappa shape index (κ3) is 5.21. The molecule has 0 N–H and O–H groups in total. The normalized spacial score (nSPS) is 8.70. The van der Waals surface area contributed by atoms with Gasteiger partial charge in [0, 0.05) is 0 Å². The molecule has 0 bridgehead atoms. The molecular formula is C16H8HgN2O4. The zero-order valence-electron chi connectivity index (χ0n) is 11.9. The van der Waals surface area contributed by atoms with Crippen LogP contribution in [0.1, 0.15) is 11.1 Å². The molecule has 0 saturated carbocycles. The van der Waals surface area contributed by atoms with Gasteiger partial charge in [0.1, 0.15) is 0 Å². The molecule has 23 heavy (non-hydrogen) atoms. The van der Waals surface area contributed by atoms with Crippen molar-refractivity contribution < 1.29 is 34.4 Å². The molecule has 0 aromatic heterocycles. The van der Waals surface area contributed by atoms with Gasteiger partial charge in [-0.15, -0.1) is 0 Å². The number of nitro groups is 2. The minimum atomic E-state index is -1.66. The van der Waals surface area contributed by atoms with Crippen molar-refractivity contribution in [3.63, 3.8) is 0 Å². The van der Waals surface area contributed by atoms with Crippen LogP contribution in [0.5, 0.6) is 0 Å². The van der Waals surface area contributed by atoms with E-state index in [9.17, 15) is 20.2 Å². The van der Waals surface area contributed by atoms with Gasteiger partial charge in [-0.25, -0.2) is 0 Å². The number of nitro benzene ring substituents is 2. The Morgan fingerprint density at radius 2 is 1.04 bits per heavy atom. The predicted molar refractivity (Wildman–Crippen MR) is 79.9 cm³/mol. The molecule has 2 aromatic carbocycles. The Bertz CT molecular complexity index is 780. The van der Waals surface area contributed by atoms with Gasteiger partial charge in [0.15, 0.2) is 0 Å². The summed E-state index contributed by atoms with van der Waals surface area (Å²) < 4.78 is 6.14. The topological polar surface area (TPSA) is 86.3 Å². The van der Waals surface area contributed by atoms with Crippen molar-refractivity contribution in [2.24, 2.45) is 0 Å². The molecule has 0 aliphatic carbocycles. The van der Waals surface area contributed by atoms with Crippen LogP contribution in [0.15, 0.2) is 48.5 Å². The van der Waals surface area contributed by atoms with Crippen molar-refractivity contribution >= 4 is 11.4 Å². The van der Waals surface area contributed by atoms with E-state index in [1.807, 2.05) is 0 Å². The molecule has 0 spiro atoms. The van der Waals surface area contributed by atoms with Crippen LogP contribution < -0.4 is 0 Å². The molecular weight excluding hydrogens is 485 g/mol. The van der Waals surface area contributed by atoms with Gasteiger partial charge in [-0.3, -0.25) is 0 Å². The fourth-order valence-corrected chi connectivity index (χ4v) is 4.29. The number of hydrogen-bond donors (Lipinski definition) is 0. The summed E-state index contributed by atoms with van der Waals surface area (Å²) in [5.74, 6) is 5.91. The number of non-ortho nitro benzene ring substituents is 2. The molecule has 2 aromatic rings. The molecule has 0 aliphatic heterocycles. The second-order valence-corrected chi connectivity index (χ2v) is 8.51. The molecule has 0 saturated heterocycles. The Hall–Kier alpha value is -2.70. The van der Waals surface area contributed by atoms with Crippen LogP contribution in [0.2, 0.25) is 0 Å². The van der Waals surface area contributed by atoms with E-state index in [4.69, 9.17) is 0 Å². The van der Waals surface area contributed by atoms with Gasteiger partial charge >= 0.3 is 144 Å². The zero-order valence-corrected chi connectivity index (χ0v) is 17.4. The predicted octanol–water partition coefficient (Wildman–Crippen LogP) is 2.90. The number of hydrogen-bond acceptors (Lipinski definition) is 4. The van der Waals surface area contributed by atoms with E-state index in [0.717, 1.165) is 11.1 Å². The van der Waals surface area contributed by atoms with Crippen LogP contribution in [0.3, 0.4) is 0 Å². The Balaban J connectivity index is 1.95. The average molecular weight is 493 g/mol. The monoisotopic (exact) mass is 494 g/mol. The molecule has 0 unspecified atom stereocenters. The number of rotatable bonds is 2. The number of nitrogens with zero attached hydrogens (tertiary/aromatic N) is 2. The first-order valence-electron chi connectivity index (χ1n) is 6.53. The molecule has 7 heteroatoms. The summed E-state index contributed by atoms with van der Waals surface area (Å²) in [6, 6.07) is 12.1. The van der Waals surface area contributed by atoms with Gasteiger partial charge in [-0.05, 0) is 0 Å². The fourth-order valence-electron chi connectivity index (χ4n) is 1.67. The van der Waals surface area contributed by atoms with Crippen LogP contribution in [0.25, 0.3) is 0 Å². The van der Waals surface area contributed by atoms with Gasteiger partial charge < -0.3 is 0 Å². The minimum absolute atomic E-state index is 0.0399. The van der Waals surface area contributed by atoms with Crippen LogP contribution in [-0.4, -0.2) is 9.85 Å². The molecule has 6 nitrogen and oxygen atoms in total. The van der Waals surface area contributed by atoms with Crippen molar-refractivity contribution in [1.29, 1.82) is 0 Å². The Morgan fingerprint density at radius 3 is 1.35 bits per heavy atom. The zero-order chi connectivity index (χ0) is 16.7. The quantitative estimate of drug-likeness (QED) is 0.279. The van der Waals surface area contributed by atoms with E-state index >= 15 is 0 Å². The van der Waals surface area contributed by atoms with Crippen LogP contribution in [-0.2, 0) is 24.6 Å². The van der Waals surface area contributed by atoms with E-state index < -0.39 is 34.4 Å². The second kappa shape index (κ2) is 8.07. The summed E-state index contributed by atoms with van der Waals surface area (Å²) in [6.45, 7) is 0. The van der Waals surface area contributed by atoms with Gasteiger partial charge in [-0.1, -0.05) is 0 Å². The van der Waals surface area contributed by atoms with E-state index in [1.165, 1.54) is 24.3 Å². The van der Waals surface area contributed by atoms with Crippen molar-refractivity contribution in [1.82, 2.24) is 0 Å². The molecule has 0 radical (unpaired) electrons. The summed E-state index contributed by atoms with van der Waals surface area (Å²) in [5.41, 5.74) is 1.54. The van der Waals surface area contributed by atoms with Crippen molar-refractivity contribution in [2.45, 2.75) is 0 Å². The molecule has 0 heterocycles. The first kappa shape index (κ1) is 16.7. The van der Waals surface area contributed by atoms with Gasteiger partial charge in [0.2, 0.25) is 0 Å². The van der Waals surface area contributed by atoms with Crippen LogP contribution >= 0.6 is 0 Å². The van der Waals surface area contributed by atoms with Gasteiger partial charge in [0.25, 0.3) is 0 Å². The SMILES string of the molecule is O=[N+]([O-])c1ccc(C#[C][Hg][C]#Cc2ccc([N+](=O)[O-])cc2)cc1. The third-order valence-corrected chi connectivity index (χ3v) is 5.55. The first-order valence-corrected chi connectivity index (χ1v) is 12.0. The summed E-state index contributed by atoms with van der Waals surface area (Å²) in [7, 11) is 0. The van der Waals surface area contributed by atoms with Crippen molar-refractivity contribution in [3.05, 3.63) is 79.9 Å². The standard InChI is InChI=1S/2C8H4NO2.Hg/c2*1-2-7-3-5-8(6-4-7)9(10)11;/h2*3-6H;. The molecule has 2 rings (SSSR count). The van der Waals surface area contributed by atoms with Crippen molar-refractivity contribution in [3.8, 4) is 18.7 Å².